The summed E-state index contributed by atoms with van der Waals surface area (Å²) in [4.78, 5) is 23.4. The molecule has 7 nitrogen and oxygen atoms in total. The smallest absolute Gasteiger partial charge is 0.283 e. The summed E-state index contributed by atoms with van der Waals surface area (Å²) in [6, 6.07) is 0. The summed E-state index contributed by atoms with van der Waals surface area (Å²) >= 11 is 1.42. The first-order valence-electron chi connectivity index (χ1n) is 8.09. The molecule has 0 saturated carbocycles. The fraction of sp³-hybridized carbons (Fsp3) is 0.375. The number of hydrogen-bond donors (Lipinski definition) is 1. The van der Waals surface area contributed by atoms with Crippen LogP contribution in [0.3, 0.4) is 0 Å². The summed E-state index contributed by atoms with van der Waals surface area (Å²) in [7, 11) is 0. The molecule has 0 radical (unpaired) electrons. The van der Waals surface area contributed by atoms with Gasteiger partial charge in [-0.3, -0.25) is 9.79 Å². The highest BCUT2D eigenvalue weighted by Gasteiger charge is 2.18. The fourth-order valence-corrected chi connectivity index (χ4v) is 3.90. The molecule has 0 spiro atoms. The van der Waals surface area contributed by atoms with Crippen molar-refractivity contribution in [1.82, 2.24) is 14.6 Å². The Kier molecular flexibility index (Phi) is 3.89. The third-order valence-corrected chi connectivity index (χ3v) is 5.20. The molecule has 2 aliphatic rings. The molecule has 0 aromatic carbocycles. The van der Waals surface area contributed by atoms with Crippen LogP contribution in [0.4, 0.5) is 10.9 Å². The van der Waals surface area contributed by atoms with Gasteiger partial charge in [-0.05, 0) is 31.1 Å². The van der Waals surface area contributed by atoms with Gasteiger partial charge in [-0.25, -0.2) is 0 Å². The molecule has 0 unspecified atom stereocenters. The lowest BCUT2D eigenvalue weighted by Crippen LogP contribution is -2.24. The Morgan fingerprint density at radius 3 is 2.71 bits per heavy atom. The van der Waals surface area contributed by atoms with E-state index in [0.29, 0.717) is 22.0 Å². The number of allylic oxidation sites excluding steroid dienone is 2. The number of nitrogens with two attached hydrogens (primary N) is 1. The molecule has 4 heterocycles. The molecule has 2 aliphatic heterocycles. The van der Waals surface area contributed by atoms with Gasteiger partial charge in [0.15, 0.2) is 0 Å². The molecule has 124 valence electrons. The van der Waals surface area contributed by atoms with E-state index < -0.39 is 0 Å². The molecule has 2 N–H and O–H groups in total. The molecular formula is C16H18N6OS. The summed E-state index contributed by atoms with van der Waals surface area (Å²) in [6.45, 7) is 1.97. The van der Waals surface area contributed by atoms with Crippen molar-refractivity contribution in [3.63, 3.8) is 0 Å². The molecule has 2 aromatic heterocycles. The SMILES string of the molecule is Nc1c(C=C2C=CC=N2)c(=O)nc2sc(N3CCCCCC3)nn12. The van der Waals surface area contributed by atoms with Crippen LogP contribution in [0.5, 0.6) is 0 Å². The lowest BCUT2D eigenvalue weighted by Gasteiger charge is -2.17. The molecule has 0 aliphatic carbocycles. The van der Waals surface area contributed by atoms with Crippen LogP contribution in [0.2, 0.25) is 0 Å². The van der Waals surface area contributed by atoms with E-state index in [0.717, 1.165) is 31.1 Å². The molecule has 0 atom stereocenters. The number of aromatic nitrogens is 3. The van der Waals surface area contributed by atoms with Gasteiger partial charge in [-0.15, -0.1) is 5.10 Å². The zero-order chi connectivity index (χ0) is 16.5. The molecule has 0 amide bonds. The van der Waals surface area contributed by atoms with E-state index >= 15 is 0 Å². The van der Waals surface area contributed by atoms with Crippen LogP contribution in [-0.4, -0.2) is 33.9 Å². The third kappa shape index (κ3) is 2.73. The summed E-state index contributed by atoms with van der Waals surface area (Å²) in [5.41, 5.74) is 6.87. The Balaban J connectivity index is 1.78. The average Bonchev–Trinajstić information content (AvgIpc) is 3.15. The minimum absolute atomic E-state index is 0.310. The van der Waals surface area contributed by atoms with E-state index in [-0.39, 0.29) is 5.56 Å². The maximum Gasteiger partial charge on any atom is 0.283 e. The molecule has 8 heteroatoms. The second-order valence-electron chi connectivity index (χ2n) is 5.90. The normalized spacial score (nSPS) is 19.5. The van der Waals surface area contributed by atoms with Crippen LogP contribution in [0.1, 0.15) is 31.2 Å². The molecular weight excluding hydrogens is 324 g/mol. The van der Waals surface area contributed by atoms with Crippen molar-refractivity contribution in [1.29, 1.82) is 0 Å². The van der Waals surface area contributed by atoms with Crippen molar-refractivity contribution in [3.05, 3.63) is 33.8 Å². The van der Waals surface area contributed by atoms with Crippen molar-refractivity contribution in [2.24, 2.45) is 4.99 Å². The minimum Gasteiger partial charge on any atom is -0.383 e. The monoisotopic (exact) mass is 342 g/mol. The first kappa shape index (κ1) is 15.1. The second-order valence-corrected chi connectivity index (χ2v) is 6.84. The van der Waals surface area contributed by atoms with E-state index in [1.165, 1.54) is 24.2 Å². The van der Waals surface area contributed by atoms with Gasteiger partial charge in [-0.1, -0.05) is 24.2 Å². The van der Waals surface area contributed by atoms with Gasteiger partial charge in [0.2, 0.25) is 10.1 Å². The van der Waals surface area contributed by atoms with Gasteiger partial charge in [0.05, 0.1) is 11.3 Å². The van der Waals surface area contributed by atoms with Crippen LogP contribution >= 0.6 is 11.3 Å². The van der Waals surface area contributed by atoms with Crippen molar-refractivity contribution in [2.75, 3.05) is 23.7 Å². The van der Waals surface area contributed by atoms with E-state index in [9.17, 15) is 4.79 Å². The van der Waals surface area contributed by atoms with E-state index in [1.807, 2.05) is 12.2 Å². The van der Waals surface area contributed by atoms with Crippen LogP contribution in [-0.2, 0) is 0 Å². The van der Waals surface area contributed by atoms with Gasteiger partial charge < -0.3 is 10.6 Å². The van der Waals surface area contributed by atoms with Crippen molar-refractivity contribution < 1.29 is 0 Å². The topological polar surface area (TPSA) is 88.9 Å². The Labute approximate surface area is 142 Å². The molecule has 24 heavy (non-hydrogen) atoms. The van der Waals surface area contributed by atoms with E-state index in [4.69, 9.17) is 5.73 Å². The lowest BCUT2D eigenvalue weighted by molar-refractivity contribution is 0.726. The highest BCUT2D eigenvalue weighted by Crippen LogP contribution is 2.26. The maximum absolute atomic E-state index is 12.3. The fourth-order valence-electron chi connectivity index (χ4n) is 2.94. The number of anilines is 2. The third-order valence-electron chi connectivity index (χ3n) is 4.23. The van der Waals surface area contributed by atoms with Gasteiger partial charge >= 0.3 is 0 Å². The summed E-state index contributed by atoms with van der Waals surface area (Å²) in [5, 5.41) is 5.48. The quantitative estimate of drug-likeness (QED) is 0.903. The Bertz CT molecular complexity index is 901. The zero-order valence-electron chi connectivity index (χ0n) is 13.2. The van der Waals surface area contributed by atoms with Crippen LogP contribution in [0, 0.1) is 0 Å². The lowest BCUT2D eigenvalue weighted by atomic mass is 10.2. The number of nitrogens with zero attached hydrogens (tertiary/aromatic N) is 5. The van der Waals surface area contributed by atoms with Gasteiger partial charge in [0.1, 0.15) is 5.82 Å². The van der Waals surface area contributed by atoms with Crippen molar-refractivity contribution >= 4 is 39.5 Å². The largest absolute Gasteiger partial charge is 0.383 e. The average molecular weight is 342 g/mol. The maximum atomic E-state index is 12.3. The number of fused-ring (bicyclic) bond motifs is 1. The van der Waals surface area contributed by atoms with E-state index in [1.54, 1.807) is 16.8 Å². The summed E-state index contributed by atoms with van der Waals surface area (Å²) in [5.74, 6) is 0.310. The minimum atomic E-state index is -0.346. The van der Waals surface area contributed by atoms with Crippen LogP contribution in [0.25, 0.3) is 11.0 Å². The first-order valence-corrected chi connectivity index (χ1v) is 8.91. The Hall–Kier alpha value is -2.48. The van der Waals surface area contributed by atoms with Crippen LogP contribution in [0.15, 0.2) is 27.6 Å². The van der Waals surface area contributed by atoms with Crippen molar-refractivity contribution in [3.8, 4) is 0 Å². The highest BCUT2D eigenvalue weighted by molar-refractivity contribution is 7.20. The molecule has 0 bridgehead atoms. The first-order chi connectivity index (χ1) is 11.7. The Morgan fingerprint density at radius 2 is 2.00 bits per heavy atom. The summed E-state index contributed by atoms with van der Waals surface area (Å²) < 4.78 is 1.57. The highest BCUT2D eigenvalue weighted by atomic mass is 32.1. The second kappa shape index (κ2) is 6.20. The predicted octanol–water partition coefficient (Wildman–Crippen LogP) is 2.10. The zero-order valence-corrected chi connectivity index (χ0v) is 14.0. The summed E-state index contributed by atoms with van der Waals surface area (Å²) in [6.07, 6.45) is 11.8. The molecule has 4 rings (SSSR count). The molecule has 1 fully saturated rings. The molecule has 1 saturated heterocycles. The number of nitrogen functional groups attached to an aromatic ring is 1. The van der Waals surface area contributed by atoms with Gasteiger partial charge in [0, 0.05) is 19.3 Å². The number of aliphatic imine (C=N–C) groups is 1. The van der Waals surface area contributed by atoms with Crippen molar-refractivity contribution in [2.45, 2.75) is 25.7 Å². The Morgan fingerprint density at radius 1 is 1.21 bits per heavy atom. The predicted molar refractivity (Wildman–Crippen MR) is 97.8 cm³/mol. The number of hydrogen-bond acceptors (Lipinski definition) is 7. The standard InChI is InChI=1S/C16H18N6OS/c17-13-12(10-11-6-5-7-18-11)14(23)19-15-22(13)20-16(24-15)21-8-3-1-2-4-9-21/h5-7,10H,1-4,8-9,17H2. The number of rotatable bonds is 2. The van der Waals surface area contributed by atoms with E-state index in [2.05, 4.69) is 20.0 Å². The van der Waals surface area contributed by atoms with Gasteiger partial charge in [0.25, 0.3) is 5.56 Å². The van der Waals surface area contributed by atoms with Crippen LogP contribution < -0.4 is 16.2 Å². The van der Waals surface area contributed by atoms with Gasteiger partial charge in [-0.2, -0.15) is 9.50 Å². The molecule has 2 aromatic rings.